The normalized spacial score (nSPS) is 16.7. The van der Waals surface area contributed by atoms with Gasteiger partial charge >= 0.3 is 5.97 Å². The van der Waals surface area contributed by atoms with E-state index in [1.807, 2.05) is 19.1 Å². The molecular weight excluding hydrogens is 366 g/mol. The number of benzene rings is 2. The van der Waals surface area contributed by atoms with Crippen molar-refractivity contribution in [3.05, 3.63) is 64.7 Å². The van der Waals surface area contributed by atoms with E-state index < -0.39 is 21.7 Å². The van der Waals surface area contributed by atoms with Crippen LogP contribution in [0.4, 0.5) is 0 Å². The molecule has 1 aliphatic rings. The lowest BCUT2D eigenvalue weighted by atomic mass is 9.89. The molecule has 0 fully saturated rings. The van der Waals surface area contributed by atoms with Crippen LogP contribution in [-0.2, 0) is 27.6 Å². The number of amides is 1. The number of carbonyl (C=O) groups excluding carboxylic acids is 1. The molecule has 0 aliphatic carbocycles. The van der Waals surface area contributed by atoms with Crippen molar-refractivity contribution in [3.63, 3.8) is 0 Å². The van der Waals surface area contributed by atoms with Crippen LogP contribution < -0.4 is 0 Å². The molecule has 1 aliphatic heterocycles. The van der Waals surface area contributed by atoms with Gasteiger partial charge in [-0.05, 0) is 35.2 Å². The summed E-state index contributed by atoms with van der Waals surface area (Å²) in [5.41, 5.74) is 2.41. The van der Waals surface area contributed by atoms with E-state index in [4.69, 9.17) is 0 Å². The first-order valence-corrected chi connectivity index (χ1v) is 10.5. The van der Waals surface area contributed by atoms with Crippen LogP contribution in [0.25, 0.3) is 0 Å². The fourth-order valence-electron chi connectivity index (χ4n) is 3.48. The zero-order valence-corrected chi connectivity index (χ0v) is 16.0. The Kier molecular flexibility index (Phi) is 5.06. The van der Waals surface area contributed by atoms with Crippen molar-refractivity contribution < 1.29 is 23.1 Å². The summed E-state index contributed by atoms with van der Waals surface area (Å²) in [7, 11) is -3.47. The second-order valence-corrected chi connectivity index (χ2v) is 8.71. The Morgan fingerprint density at radius 3 is 2.52 bits per heavy atom. The molecule has 0 saturated heterocycles. The maximum Gasteiger partial charge on any atom is 0.312 e. The maximum atomic E-state index is 13.0. The highest BCUT2D eigenvalue weighted by molar-refractivity contribution is 7.90. The van der Waals surface area contributed by atoms with Gasteiger partial charge in [-0.1, -0.05) is 37.3 Å². The lowest BCUT2D eigenvalue weighted by Crippen LogP contribution is -2.40. The van der Waals surface area contributed by atoms with Crippen LogP contribution in [0, 0.1) is 0 Å². The van der Waals surface area contributed by atoms with Crippen molar-refractivity contribution in [2.24, 2.45) is 0 Å². The van der Waals surface area contributed by atoms with E-state index in [-0.39, 0.29) is 22.9 Å². The SMILES string of the molecule is CCc1ccc(C(=O)N2Cc3ccccc3C(C(=O)O)C2)cc1S(C)(=O)=O. The molecule has 3 rings (SSSR count). The minimum Gasteiger partial charge on any atom is -0.481 e. The summed E-state index contributed by atoms with van der Waals surface area (Å²) >= 11 is 0. The lowest BCUT2D eigenvalue weighted by Gasteiger charge is -2.33. The summed E-state index contributed by atoms with van der Waals surface area (Å²) in [6, 6.07) is 11.8. The number of carboxylic acids is 1. The Bertz CT molecular complexity index is 1010. The first-order chi connectivity index (χ1) is 12.7. The summed E-state index contributed by atoms with van der Waals surface area (Å²) in [5, 5.41) is 9.56. The van der Waals surface area contributed by atoms with Crippen LogP contribution in [0.5, 0.6) is 0 Å². The van der Waals surface area contributed by atoms with Gasteiger partial charge in [0.25, 0.3) is 5.91 Å². The molecule has 27 heavy (non-hydrogen) atoms. The molecule has 2 aromatic rings. The molecule has 2 aromatic carbocycles. The Balaban J connectivity index is 1.99. The number of hydrogen-bond acceptors (Lipinski definition) is 4. The van der Waals surface area contributed by atoms with Gasteiger partial charge in [0.1, 0.15) is 0 Å². The highest BCUT2D eigenvalue weighted by Crippen LogP contribution is 2.30. The lowest BCUT2D eigenvalue weighted by molar-refractivity contribution is -0.139. The molecule has 0 radical (unpaired) electrons. The second kappa shape index (κ2) is 7.15. The van der Waals surface area contributed by atoms with E-state index in [0.29, 0.717) is 24.1 Å². The van der Waals surface area contributed by atoms with Gasteiger partial charge in [-0.3, -0.25) is 9.59 Å². The van der Waals surface area contributed by atoms with Gasteiger partial charge in [0.2, 0.25) is 0 Å². The van der Waals surface area contributed by atoms with Gasteiger partial charge in [0.15, 0.2) is 9.84 Å². The predicted octanol–water partition coefficient (Wildman–Crippen LogP) is 2.48. The molecular formula is C20H21NO5S. The fraction of sp³-hybridized carbons (Fsp3) is 0.300. The minimum absolute atomic E-state index is 0.0505. The number of sulfone groups is 1. The third-order valence-electron chi connectivity index (χ3n) is 4.87. The molecule has 1 heterocycles. The predicted molar refractivity (Wildman–Crippen MR) is 100 cm³/mol. The maximum absolute atomic E-state index is 13.0. The Morgan fingerprint density at radius 1 is 1.19 bits per heavy atom. The molecule has 1 atom stereocenters. The quantitative estimate of drug-likeness (QED) is 0.870. The summed E-state index contributed by atoms with van der Waals surface area (Å²) in [5.74, 6) is -2.16. The molecule has 1 amide bonds. The van der Waals surface area contributed by atoms with Crippen molar-refractivity contribution >= 4 is 21.7 Å². The second-order valence-electron chi connectivity index (χ2n) is 6.72. The zero-order chi connectivity index (χ0) is 19.8. The number of aryl methyl sites for hydroxylation is 1. The van der Waals surface area contributed by atoms with Crippen molar-refractivity contribution in [2.75, 3.05) is 12.8 Å². The topological polar surface area (TPSA) is 91.8 Å². The third kappa shape index (κ3) is 3.73. The molecule has 6 nitrogen and oxygen atoms in total. The fourth-order valence-corrected chi connectivity index (χ4v) is 4.51. The van der Waals surface area contributed by atoms with Crippen molar-refractivity contribution in [3.8, 4) is 0 Å². The zero-order valence-electron chi connectivity index (χ0n) is 15.2. The minimum atomic E-state index is -3.47. The Morgan fingerprint density at radius 2 is 1.89 bits per heavy atom. The molecule has 0 spiro atoms. The van der Waals surface area contributed by atoms with Gasteiger partial charge in [0.05, 0.1) is 10.8 Å². The van der Waals surface area contributed by atoms with E-state index >= 15 is 0 Å². The Hall–Kier alpha value is -2.67. The van der Waals surface area contributed by atoms with Crippen LogP contribution in [0.15, 0.2) is 47.4 Å². The van der Waals surface area contributed by atoms with Gasteiger partial charge in [-0.15, -0.1) is 0 Å². The van der Waals surface area contributed by atoms with Gasteiger partial charge in [-0.2, -0.15) is 0 Å². The van der Waals surface area contributed by atoms with Crippen molar-refractivity contribution in [1.82, 2.24) is 4.90 Å². The first kappa shape index (κ1) is 19.1. The average molecular weight is 387 g/mol. The molecule has 0 saturated carbocycles. The van der Waals surface area contributed by atoms with E-state index in [1.54, 1.807) is 24.3 Å². The number of carbonyl (C=O) groups is 2. The largest absolute Gasteiger partial charge is 0.481 e. The first-order valence-electron chi connectivity index (χ1n) is 8.65. The molecule has 0 bridgehead atoms. The summed E-state index contributed by atoms with van der Waals surface area (Å²) in [4.78, 5) is 26.3. The van der Waals surface area contributed by atoms with Gasteiger partial charge in [-0.25, -0.2) is 8.42 Å². The van der Waals surface area contributed by atoms with Crippen LogP contribution in [0.3, 0.4) is 0 Å². The van der Waals surface area contributed by atoms with E-state index in [9.17, 15) is 23.1 Å². The number of hydrogen-bond donors (Lipinski definition) is 1. The van der Waals surface area contributed by atoms with Crippen LogP contribution in [-0.4, -0.2) is 43.1 Å². The number of rotatable bonds is 4. The van der Waals surface area contributed by atoms with Crippen LogP contribution in [0.2, 0.25) is 0 Å². The van der Waals surface area contributed by atoms with Crippen molar-refractivity contribution in [2.45, 2.75) is 30.7 Å². The van der Waals surface area contributed by atoms with Gasteiger partial charge in [0, 0.05) is 24.9 Å². The van der Waals surface area contributed by atoms with Crippen LogP contribution >= 0.6 is 0 Å². The molecule has 7 heteroatoms. The highest BCUT2D eigenvalue weighted by atomic mass is 32.2. The van der Waals surface area contributed by atoms with E-state index in [0.717, 1.165) is 11.8 Å². The Labute approximate surface area is 158 Å². The average Bonchev–Trinajstić information content (AvgIpc) is 2.65. The smallest absolute Gasteiger partial charge is 0.312 e. The molecule has 1 unspecified atom stereocenters. The third-order valence-corrected chi connectivity index (χ3v) is 6.05. The van der Waals surface area contributed by atoms with Gasteiger partial charge < -0.3 is 10.0 Å². The molecule has 1 N–H and O–H groups in total. The van der Waals surface area contributed by atoms with Crippen LogP contribution in [0.1, 0.15) is 39.9 Å². The van der Waals surface area contributed by atoms with E-state index in [1.165, 1.54) is 11.0 Å². The summed E-state index contributed by atoms with van der Waals surface area (Å²) < 4.78 is 24.1. The molecule has 0 aromatic heterocycles. The number of carboxylic acid groups (broad SMARTS) is 1. The summed E-state index contributed by atoms with van der Waals surface area (Å²) in [6.45, 7) is 2.20. The molecule has 142 valence electrons. The highest BCUT2D eigenvalue weighted by Gasteiger charge is 2.33. The number of nitrogens with zero attached hydrogens (tertiary/aromatic N) is 1. The standard InChI is InChI=1S/C20H21NO5S/c1-3-13-8-9-14(10-18(13)27(2,25)26)19(22)21-11-15-6-4-5-7-16(15)17(12-21)20(23)24/h4-10,17H,3,11-12H2,1-2H3,(H,23,24). The monoisotopic (exact) mass is 387 g/mol. The summed E-state index contributed by atoms with van der Waals surface area (Å²) in [6.07, 6.45) is 1.66. The van der Waals surface area contributed by atoms with Crippen molar-refractivity contribution in [1.29, 1.82) is 0 Å². The van der Waals surface area contributed by atoms with E-state index in [2.05, 4.69) is 0 Å². The number of fused-ring (bicyclic) bond motifs is 1. The number of aliphatic carboxylic acids is 1.